The Kier molecular flexibility index (Phi) is 10.9. The van der Waals surface area contributed by atoms with Gasteiger partial charge in [0.15, 0.2) is 5.96 Å². The second-order valence-corrected chi connectivity index (χ2v) is 8.69. The van der Waals surface area contributed by atoms with Gasteiger partial charge in [-0.1, -0.05) is 30.3 Å². The van der Waals surface area contributed by atoms with E-state index in [1.807, 2.05) is 31.2 Å². The van der Waals surface area contributed by atoms with Crippen molar-refractivity contribution in [2.75, 3.05) is 20.1 Å². The van der Waals surface area contributed by atoms with E-state index in [0.29, 0.717) is 6.54 Å². The molecule has 1 aromatic heterocycles. The molecule has 1 heterocycles. The van der Waals surface area contributed by atoms with Crippen molar-refractivity contribution >= 4 is 51.3 Å². The third-order valence-corrected chi connectivity index (χ3v) is 5.97. The molecule has 0 atom stereocenters. The second-order valence-electron chi connectivity index (χ2n) is 5.73. The summed E-state index contributed by atoms with van der Waals surface area (Å²) in [5, 5.41) is 8.66. The topological polar surface area (TPSA) is 82.6 Å². The summed E-state index contributed by atoms with van der Waals surface area (Å²) < 4.78 is 25.5. The predicted molar refractivity (Wildman–Crippen MR) is 124 cm³/mol. The first kappa shape index (κ1) is 23.9. The fourth-order valence-electron chi connectivity index (χ4n) is 2.30. The van der Waals surface area contributed by atoms with Crippen molar-refractivity contribution in [3.63, 3.8) is 0 Å². The second kappa shape index (κ2) is 12.3. The maximum Gasteiger partial charge on any atom is 0.215 e. The Morgan fingerprint density at radius 1 is 1.11 bits per heavy atom. The van der Waals surface area contributed by atoms with Crippen LogP contribution in [0.2, 0.25) is 0 Å². The van der Waals surface area contributed by atoms with E-state index >= 15 is 0 Å². The van der Waals surface area contributed by atoms with Gasteiger partial charge in [0.05, 0.1) is 12.3 Å². The predicted octanol–water partition coefficient (Wildman–Crippen LogP) is 2.71. The molecular weight excluding hydrogens is 495 g/mol. The minimum Gasteiger partial charge on any atom is -0.357 e. The van der Waals surface area contributed by atoms with Gasteiger partial charge in [0.2, 0.25) is 10.0 Å². The zero-order valence-corrected chi connectivity index (χ0v) is 19.5. The Bertz CT molecular complexity index is 791. The molecule has 0 aliphatic rings. The molecule has 0 amide bonds. The molecule has 3 N–H and O–H groups in total. The summed E-state index contributed by atoms with van der Waals surface area (Å²) in [5.74, 6) is 0.769. The van der Waals surface area contributed by atoms with Crippen LogP contribution >= 0.6 is 35.3 Å². The highest BCUT2D eigenvalue weighted by Gasteiger charge is 2.08. The number of hydrogen-bond acceptors (Lipinski definition) is 4. The Balaban J connectivity index is 0.00000364. The zero-order valence-electron chi connectivity index (χ0n) is 15.6. The summed E-state index contributed by atoms with van der Waals surface area (Å²) in [6.07, 6.45) is 0.969. The third kappa shape index (κ3) is 9.04. The third-order valence-electron chi connectivity index (χ3n) is 3.70. The van der Waals surface area contributed by atoms with Gasteiger partial charge in [-0.2, -0.15) is 0 Å². The maximum atomic E-state index is 11.6. The molecule has 1 aromatic carbocycles. The normalized spacial score (nSPS) is 11.7. The molecule has 0 aliphatic carbocycles. The van der Waals surface area contributed by atoms with Crippen LogP contribution in [-0.4, -0.2) is 34.5 Å². The lowest BCUT2D eigenvalue weighted by Crippen LogP contribution is -2.38. The molecule has 0 aliphatic heterocycles. The number of thiophene rings is 1. The number of halogens is 1. The van der Waals surface area contributed by atoms with E-state index < -0.39 is 10.0 Å². The molecule has 150 valence electrons. The number of nitrogens with one attached hydrogen (secondary N) is 3. The van der Waals surface area contributed by atoms with Gasteiger partial charge in [-0.15, -0.1) is 35.3 Å². The first-order valence-electron chi connectivity index (χ1n) is 8.56. The van der Waals surface area contributed by atoms with Gasteiger partial charge >= 0.3 is 0 Å². The molecule has 2 rings (SSSR count). The fourth-order valence-corrected chi connectivity index (χ4v) is 3.79. The van der Waals surface area contributed by atoms with Crippen LogP contribution in [-0.2, 0) is 28.7 Å². The Morgan fingerprint density at radius 3 is 2.41 bits per heavy atom. The van der Waals surface area contributed by atoms with E-state index in [0.717, 1.165) is 36.6 Å². The van der Waals surface area contributed by atoms with Crippen molar-refractivity contribution < 1.29 is 8.42 Å². The summed E-state index contributed by atoms with van der Waals surface area (Å²) in [6.45, 7) is 4.19. The van der Waals surface area contributed by atoms with Crippen LogP contribution < -0.4 is 15.4 Å². The van der Waals surface area contributed by atoms with Gasteiger partial charge < -0.3 is 10.6 Å². The molecule has 9 heteroatoms. The number of rotatable bonds is 9. The zero-order chi connectivity index (χ0) is 18.8. The van der Waals surface area contributed by atoms with Crippen molar-refractivity contribution in [3.8, 4) is 0 Å². The number of guanidine groups is 1. The van der Waals surface area contributed by atoms with Crippen molar-refractivity contribution in [1.82, 2.24) is 15.4 Å². The van der Waals surface area contributed by atoms with E-state index in [2.05, 4.69) is 37.9 Å². The molecule has 6 nitrogen and oxygen atoms in total. The van der Waals surface area contributed by atoms with E-state index in [1.54, 1.807) is 11.3 Å². The highest BCUT2D eigenvalue weighted by atomic mass is 127. The summed E-state index contributed by atoms with van der Waals surface area (Å²) in [5.41, 5.74) is 1.79. The van der Waals surface area contributed by atoms with Crippen molar-refractivity contribution in [2.24, 2.45) is 4.99 Å². The van der Waals surface area contributed by atoms with Gasteiger partial charge in [-0.05, 0) is 43.0 Å². The average Bonchev–Trinajstić information content (AvgIpc) is 3.14. The Labute approximate surface area is 182 Å². The summed E-state index contributed by atoms with van der Waals surface area (Å²) in [6, 6.07) is 11.7. The molecule has 0 fully saturated rings. The van der Waals surface area contributed by atoms with Crippen LogP contribution in [0.3, 0.4) is 0 Å². The van der Waals surface area contributed by atoms with Crippen molar-refractivity contribution in [2.45, 2.75) is 25.6 Å². The highest BCUT2D eigenvalue weighted by molar-refractivity contribution is 14.0. The first-order chi connectivity index (χ1) is 12.5. The van der Waals surface area contributed by atoms with Crippen molar-refractivity contribution in [1.29, 1.82) is 0 Å². The lowest BCUT2D eigenvalue weighted by molar-refractivity contribution is 0.587. The Hall–Kier alpha value is -1.17. The summed E-state index contributed by atoms with van der Waals surface area (Å²) in [4.78, 5) is 5.94. The molecule has 0 saturated heterocycles. The molecule has 0 bridgehead atoms. The number of aliphatic imine (C=N–C) groups is 1. The quantitative estimate of drug-likeness (QED) is 0.269. The van der Waals surface area contributed by atoms with Crippen LogP contribution in [0.5, 0.6) is 0 Å². The van der Waals surface area contributed by atoms with Gasteiger partial charge in [-0.25, -0.2) is 18.1 Å². The van der Waals surface area contributed by atoms with Crippen LogP contribution in [0.15, 0.2) is 46.8 Å². The summed E-state index contributed by atoms with van der Waals surface area (Å²) in [7, 11) is -1.82. The van der Waals surface area contributed by atoms with Gasteiger partial charge in [-0.3, -0.25) is 0 Å². The Morgan fingerprint density at radius 2 is 1.81 bits per heavy atom. The smallest absolute Gasteiger partial charge is 0.215 e. The molecule has 27 heavy (non-hydrogen) atoms. The molecule has 2 aromatic rings. The highest BCUT2D eigenvalue weighted by Crippen LogP contribution is 2.09. The lowest BCUT2D eigenvalue weighted by Gasteiger charge is -2.11. The maximum absolute atomic E-state index is 11.6. The van der Waals surface area contributed by atoms with Gasteiger partial charge in [0.25, 0.3) is 0 Å². The largest absolute Gasteiger partial charge is 0.357 e. The van der Waals surface area contributed by atoms with Gasteiger partial charge in [0, 0.05) is 18.0 Å². The lowest BCUT2D eigenvalue weighted by atomic mass is 10.1. The van der Waals surface area contributed by atoms with Crippen LogP contribution in [0.1, 0.15) is 22.9 Å². The van der Waals surface area contributed by atoms with Crippen LogP contribution in [0, 0.1) is 0 Å². The van der Waals surface area contributed by atoms with Crippen molar-refractivity contribution in [3.05, 3.63) is 57.8 Å². The standard InChI is InChI=1S/C18H26N4O2S2.HI/c1-3-20-18(21-11-10-17-5-4-12-25-17)22-13-15-6-8-16(9-7-15)14-26(23,24)19-2;/h4-9,12,19H,3,10-11,13-14H2,1-2H3,(H2,20,21,22);1H. The SMILES string of the molecule is CCNC(=NCc1ccc(CS(=O)(=O)NC)cc1)NCCc1cccs1.I. The van der Waals surface area contributed by atoms with E-state index in [4.69, 9.17) is 0 Å². The van der Waals surface area contributed by atoms with Crippen LogP contribution in [0.4, 0.5) is 0 Å². The number of sulfonamides is 1. The monoisotopic (exact) mass is 522 g/mol. The molecule has 0 radical (unpaired) electrons. The first-order valence-corrected chi connectivity index (χ1v) is 11.1. The van der Waals surface area contributed by atoms with E-state index in [1.165, 1.54) is 11.9 Å². The molecular formula is C18H27IN4O2S2. The van der Waals surface area contributed by atoms with E-state index in [-0.39, 0.29) is 29.7 Å². The number of nitrogens with zero attached hydrogens (tertiary/aromatic N) is 1. The van der Waals surface area contributed by atoms with E-state index in [9.17, 15) is 8.42 Å². The average molecular weight is 522 g/mol. The van der Waals surface area contributed by atoms with Crippen LogP contribution in [0.25, 0.3) is 0 Å². The fraction of sp³-hybridized carbons (Fsp3) is 0.389. The number of benzene rings is 1. The number of hydrogen-bond donors (Lipinski definition) is 3. The molecule has 0 spiro atoms. The minimum absolute atomic E-state index is 0. The summed E-state index contributed by atoms with van der Waals surface area (Å²) >= 11 is 1.76. The minimum atomic E-state index is -3.24. The van der Waals surface area contributed by atoms with Gasteiger partial charge in [0.1, 0.15) is 0 Å². The molecule has 0 saturated carbocycles. The molecule has 0 unspecified atom stereocenters.